The summed E-state index contributed by atoms with van der Waals surface area (Å²) < 4.78 is 22.4. The fraction of sp³-hybridized carbons (Fsp3) is 0.963. The Hall–Kier alpha value is -0.300. The first-order valence-corrected chi connectivity index (χ1v) is 15.2. The van der Waals surface area contributed by atoms with E-state index in [-0.39, 0.29) is 12.6 Å². The number of carbonyl (C=O) groups excluding carboxylic acids is 1. The lowest BCUT2D eigenvalue weighted by Gasteiger charge is -2.24. The van der Waals surface area contributed by atoms with E-state index in [1.54, 1.807) is 0 Å². The number of quaternary nitrogens is 1. The number of hydrogen-bond acceptors (Lipinski definition) is 6. The van der Waals surface area contributed by atoms with E-state index in [0.29, 0.717) is 19.6 Å². The van der Waals surface area contributed by atoms with E-state index < -0.39 is 14.7 Å². The van der Waals surface area contributed by atoms with E-state index in [4.69, 9.17) is 18.5 Å². The highest BCUT2D eigenvalue weighted by molar-refractivity contribution is 7.40. The molecule has 0 rings (SSSR count). The minimum Gasteiger partial charge on any atom is -0.460 e. The molecule has 0 aliphatic carbocycles. The molecule has 0 saturated carbocycles. The second-order valence-corrected chi connectivity index (χ2v) is 11.6. The number of carbonyl (C=O) groups is 1. The molecular formula is C27H57NO6P+. The van der Waals surface area contributed by atoms with E-state index in [1.807, 2.05) is 0 Å². The van der Waals surface area contributed by atoms with Crippen molar-refractivity contribution in [1.29, 1.82) is 0 Å². The van der Waals surface area contributed by atoms with Gasteiger partial charge in [0, 0.05) is 20.0 Å². The number of rotatable bonds is 26. The summed E-state index contributed by atoms with van der Waals surface area (Å²) >= 11 is 0. The van der Waals surface area contributed by atoms with Gasteiger partial charge in [0.15, 0.2) is 0 Å². The van der Waals surface area contributed by atoms with Crippen molar-refractivity contribution in [2.45, 2.75) is 116 Å². The lowest BCUT2D eigenvalue weighted by atomic mass is 10.0. The highest BCUT2D eigenvalue weighted by Gasteiger charge is 2.17. The van der Waals surface area contributed by atoms with Crippen LogP contribution in [0.5, 0.6) is 0 Å². The van der Waals surface area contributed by atoms with Crippen molar-refractivity contribution in [3.63, 3.8) is 0 Å². The number of likely N-dealkylation sites (N-methyl/N-ethyl adjacent to an activating group) is 1. The SMILES string of the molecule is CCCCCCCCCCCCCCCCOCCC(COP(O)OCC[N+](C)(C)C)OC(C)=O. The second-order valence-electron chi connectivity index (χ2n) is 10.6. The quantitative estimate of drug-likeness (QED) is 0.0585. The van der Waals surface area contributed by atoms with Gasteiger partial charge in [0.05, 0.1) is 34.4 Å². The van der Waals surface area contributed by atoms with Crippen molar-refractivity contribution in [3.8, 4) is 0 Å². The molecule has 2 atom stereocenters. The Labute approximate surface area is 217 Å². The van der Waals surface area contributed by atoms with Crippen LogP contribution in [-0.2, 0) is 23.3 Å². The average Bonchev–Trinajstić information content (AvgIpc) is 2.78. The fourth-order valence-electron chi connectivity index (χ4n) is 3.70. The molecule has 0 aromatic heterocycles. The smallest absolute Gasteiger partial charge is 0.330 e. The molecule has 0 amide bonds. The first kappa shape index (κ1) is 34.7. The van der Waals surface area contributed by atoms with Crippen molar-refractivity contribution in [2.24, 2.45) is 0 Å². The molecule has 8 heteroatoms. The molecule has 210 valence electrons. The van der Waals surface area contributed by atoms with Crippen LogP contribution in [0.2, 0.25) is 0 Å². The zero-order valence-corrected chi connectivity index (χ0v) is 24.5. The molecule has 1 N–H and O–H groups in total. The van der Waals surface area contributed by atoms with Gasteiger partial charge in [-0.1, -0.05) is 90.4 Å². The minimum absolute atomic E-state index is 0.106. The largest absolute Gasteiger partial charge is 0.460 e. The Morgan fingerprint density at radius 2 is 1.29 bits per heavy atom. The summed E-state index contributed by atoms with van der Waals surface area (Å²) in [5.41, 5.74) is 0. The zero-order valence-electron chi connectivity index (χ0n) is 23.6. The molecule has 2 unspecified atom stereocenters. The number of hydrogen-bond donors (Lipinski definition) is 1. The van der Waals surface area contributed by atoms with Crippen LogP contribution in [0.3, 0.4) is 0 Å². The number of nitrogens with zero attached hydrogens (tertiary/aromatic N) is 1. The van der Waals surface area contributed by atoms with Crippen LogP contribution >= 0.6 is 8.60 Å². The number of esters is 1. The van der Waals surface area contributed by atoms with Crippen LogP contribution in [0.1, 0.15) is 110 Å². The molecule has 35 heavy (non-hydrogen) atoms. The molecule has 0 aliphatic rings. The summed E-state index contributed by atoms with van der Waals surface area (Å²) in [6, 6.07) is 0. The second kappa shape index (κ2) is 24.1. The van der Waals surface area contributed by atoms with Gasteiger partial charge < -0.3 is 27.9 Å². The van der Waals surface area contributed by atoms with Gasteiger partial charge in [-0.05, 0) is 6.42 Å². The molecule has 0 aromatic carbocycles. The van der Waals surface area contributed by atoms with Crippen LogP contribution in [0.25, 0.3) is 0 Å². The van der Waals surface area contributed by atoms with E-state index in [9.17, 15) is 9.69 Å². The first-order valence-electron chi connectivity index (χ1n) is 14.0. The fourth-order valence-corrected chi connectivity index (χ4v) is 4.31. The van der Waals surface area contributed by atoms with Crippen LogP contribution in [0.15, 0.2) is 0 Å². The van der Waals surface area contributed by atoms with Crippen LogP contribution < -0.4 is 0 Å². The zero-order chi connectivity index (χ0) is 26.2. The summed E-state index contributed by atoms with van der Waals surface area (Å²) in [6.45, 7) is 6.16. The maximum atomic E-state index is 11.4. The summed E-state index contributed by atoms with van der Waals surface area (Å²) in [6.07, 6.45) is 18.9. The molecule has 0 radical (unpaired) electrons. The molecule has 0 aromatic rings. The monoisotopic (exact) mass is 522 g/mol. The van der Waals surface area contributed by atoms with Crippen molar-refractivity contribution in [3.05, 3.63) is 0 Å². The predicted molar refractivity (Wildman–Crippen MR) is 145 cm³/mol. The summed E-state index contributed by atoms with van der Waals surface area (Å²) in [4.78, 5) is 21.2. The molecule has 7 nitrogen and oxygen atoms in total. The Morgan fingerprint density at radius 3 is 1.77 bits per heavy atom. The highest BCUT2D eigenvalue weighted by atomic mass is 31.2. The summed E-state index contributed by atoms with van der Waals surface area (Å²) in [7, 11) is 4.19. The third-order valence-corrected chi connectivity index (χ3v) is 6.67. The van der Waals surface area contributed by atoms with Crippen molar-refractivity contribution in [2.75, 3.05) is 54.1 Å². The average molecular weight is 523 g/mol. The molecule has 0 saturated heterocycles. The van der Waals surface area contributed by atoms with Gasteiger partial charge in [-0.2, -0.15) is 0 Å². The van der Waals surface area contributed by atoms with Crippen molar-refractivity contribution < 1.29 is 32.7 Å². The third-order valence-electron chi connectivity index (χ3n) is 5.89. The maximum Gasteiger partial charge on any atom is 0.330 e. The van der Waals surface area contributed by atoms with Gasteiger partial charge >= 0.3 is 14.6 Å². The molecule has 0 bridgehead atoms. The van der Waals surface area contributed by atoms with Crippen molar-refractivity contribution >= 4 is 14.6 Å². The Morgan fingerprint density at radius 1 is 0.771 bits per heavy atom. The van der Waals surface area contributed by atoms with Gasteiger partial charge in [-0.3, -0.25) is 4.79 Å². The molecule has 0 spiro atoms. The van der Waals surface area contributed by atoms with E-state index in [0.717, 1.165) is 24.1 Å². The lowest BCUT2D eigenvalue weighted by molar-refractivity contribution is -0.870. The summed E-state index contributed by atoms with van der Waals surface area (Å²) in [5, 5.41) is 0. The first-order chi connectivity index (χ1) is 16.7. The van der Waals surface area contributed by atoms with Gasteiger partial charge in [0.25, 0.3) is 0 Å². The summed E-state index contributed by atoms with van der Waals surface area (Å²) in [5.74, 6) is -0.362. The molecule has 0 fully saturated rings. The Bertz CT molecular complexity index is 475. The highest BCUT2D eigenvalue weighted by Crippen LogP contribution is 2.33. The minimum atomic E-state index is -1.97. The van der Waals surface area contributed by atoms with Gasteiger partial charge in [-0.15, -0.1) is 0 Å². The maximum absolute atomic E-state index is 11.4. The predicted octanol–water partition coefficient (Wildman–Crippen LogP) is 6.76. The van der Waals surface area contributed by atoms with Crippen LogP contribution in [-0.4, -0.2) is 75.6 Å². The molecule has 0 heterocycles. The Kier molecular flexibility index (Phi) is 23.9. The topological polar surface area (TPSA) is 74.2 Å². The van der Waals surface area contributed by atoms with Crippen molar-refractivity contribution in [1.82, 2.24) is 0 Å². The molecule has 0 aliphatic heterocycles. The standard InChI is InChI=1S/C27H57NO6P/c1-6-7-8-9-10-11-12-13-14-15-16-17-18-19-22-31-23-20-27(34-26(2)29)25-33-35(30)32-24-21-28(3,4)5/h27,30H,6-25H2,1-5H3/q+1. The van der Waals surface area contributed by atoms with Crippen LogP contribution in [0, 0.1) is 0 Å². The molecular weight excluding hydrogens is 465 g/mol. The van der Waals surface area contributed by atoms with E-state index in [2.05, 4.69) is 28.1 Å². The normalized spacial score (nSPS) is 13.7. The lowest BCUT2D eigenvalue weighted by Crippen LogP contribution is -2.37. The van der Waals surface area contributed by atoms with Crippen LogP contribution in [0.4, 0.5) is 0 Å². The number of unbranched alkanes of at least 4 members (excludes halogenated alkanes) is 13. The Balaban J connectivity index is 3.61. The third kappa shape index (κ3) is 28.1. The van der Waals surface area contributed by atoms with E-state index >= 15 is 0 Å². The van der Waals surface area contributed by atoms with Gasteiger partial charge in [0.1, 0.15) is 19.3 Å². The van der Waals surface area contributed by atoms with Gasteiger partial charge in [0.2, 0.25) is 0 Å². The van der Waals surface area contributed by atoms with E-state index in [1.165, 1.54) is 90.4 Å². The number of ether oxygens (including phenoxy) is 2. The van der Waals surface area contributed by atoms with Gasteiger partial charge in [-0.25, -0.2) is 0 Å².